The lowest BCUT2D eigenvalue weighted by Gasteiger charge is -2.20. The highest BCUT2D eigenvalue weighted by molar-refractivity contribution is 6.04. The molecule has 1 aliphatic heterocycles. The van der Waals surface area contributed by atoms with Crippen LogP contribution in [0.3, 0.4) is 0 Å². The Hall–Kier alpha value is -2.99. The van der Waals surface area contributed by atoms with Gasteiger partial charge in [-0.05, 0) is 62.5 Å². The molecule has 6 heteroatoms. The molecule has 2 aliphatic rings. The van der Waals surface area contributed by atoms with Crippen LogP contribution in [0, 0.1) is 0 Å². The molecule has 0 saturated carbocycles. The van der Waals surface area contributed by atoms with Gasteiger partial charge in [0.25, 0.3) is 0 Å². The molecule has 1 aliphatic carbocycles. The van der Waals surface area contributed by atoms with Crippen molar-refractivity contribution in [3.05, 3.63) is 59.7 Å². The van der Waals surface area contributed by atoms with Crippen LogP contribution in [0.1, 0.15) is 42.1 Å². The Morgan fingerprint density at radius 2 is 1.82 bits per heavy atom. The lowest BCUT2D eigenvalue weighted by molar-refractivity contribution is 0.318. The van der Waals surface area contributed by atoms with Crippen LogP contribution in [0.2, 0.25) is 0 Å². The third kappa shape index (κ3) is 2.99. The molecular weight excluding hydrogens is 350 g/mol. The average Bonchev–Trinajstić information content (AvgIpc) is 3.39. The van der Waals surface area contributed by atoms with Crippen LogP contribution in [0.15, 0.2) is 47.9 Å². The van der Waals surface area contributed by atoms with Gasteiger partial charge in [-0.25, -0.2) is 4.98 Å². The maximum atomic E-state index is 9.20. The highest BCUT2D eigenvalue weighted by Gasteiger charge is 2.24. The van der Waals surface area contributed by atoms with Gasteiger partial charge in [-0.2, -0.15) is 0 Å². The summed E-state index contributed by atoms with van der Waals surface area (Å²) in [5.74, 6) is 1.53. The molecule has 0 unspecified atom stereocenters. The van der Waals surface area contributed by atoms with Gasteiger partial charge in [-0.15, -0.1) is 0 Å². The van der Waals surface area contributed by atoms with Gasteiger partial charge in [0.05, 0.1) is 17.1 Å². The topological polar surface area (TPSA) is 86.2 Å². The average molecular weight is 373 g/mol. The molecule has 3 heterocycles. The van der Waals surface area contributed by atoms with Gasteiger partial charge in [0.2, 0.25) is 0 Å². The van der Waals surface area contributed by atoms with E-state index in [1.54, 1.807) is 0 Å². The summed E-state index contributed by atoms with van der Waals surface area (Å²) in [5.41, 5.74) is 7.26. The number of hydrogen-bond acceptors (Lipinski definition) is 5. The largest absolute Gasteiger partial charge is 0.411 e. The van der Waals surface area contributed by atoms with E-state index in [4.69, 9.17) is 4.98 Å². The van der Waals surface area contributed by atoms with E-state index in [0.29, 0.717) is 5.92 Å². The Morgan fingerprint density at radius 3 is 2.61 bits per heavy atom. The van der Waals surface area contributed by atoms with E-state index in [1.165, 1.54) is 5.56 Å². The predicted octanol–water partition coefficient (Wildman–Crippen LogP) is 3.73. The standard InChI is InChI=1S/C22H23N5O/c28-27-19-4-2-16-13-17(1-3-18(16)19)21-20(14-5-9-23-10-6-14)25-22(26-21)15-7-11-24-12-8-15/h1,3,5-6,9-10,13,15,24,28H,2,4,7-8,11-12H2,(H,25,26)/b27-19-. The molecule has 0 amide bonds. The van der Waals surface area contributed by atoms with E-state index in [9.17, 15) is 5.21 Å². The van der Waals surface area contributed by atoms with E-state index in [2.05, 4.69) is 38.6 Å². The smallest absolute Gasteiger partial charge is 0.110 e. The number of oxime groups is 1. The predicted molar refractivity (Wildman–Crippen MR) is 109 cm³/mol. The summed E-state index contributed by atoms with van der Waals surface area (Å²) < 4.78 is 0. The van der Waals surface area contributed by atoms with Crippen molar-refractivity contribution in [3.8, 4) is 22.5 Å². The van der Waals surface area contributed by atoms with Gasteiger partial charge in [0.1, 0.15) is 5.82 Å². The number of nitrogens with zero attached hydrogens (tertiary/aromatic N) is 3. The summed E-state index contributed by atoms with van der Waals surface area (Å²) in [6.07, 6.45) is 7.52. The number of aromatic nitrogens is 3. The monoisotopic (exact) mass is 373 g/mol. The van der Waals surface area contributed by atoms with E-state index in [0.717, 1.165) is 78.4 Å². The summed E-state index contributed by atoms with van der Waals surface area (Å²) in [7, 11) is 0. The number of rotatable bonds is 3. The lowest BCUT2D eigenvalue weighted by Crippen LogP contribution is -2.27. The molecule has 6 nitrogen and oxygen atoms in total. The zero-order valence-corrected chi connectivity index (χ0v) is 15.7. The molecule has 28 heavy (non-hydrogen) atoms. The van der Waals surface area contributed by atoms with E-state index < -0.39 is 0 Å². The summed E-state index contributed by atoms with van der Waals surface area (Å²) >= 11 is 0. The number of aryl methyl sites for hydroxylation is 1. The first kappa shape index (κ1) is 17.1. The van der Waals surface area contributed by atoms with Crippen molar-refractivity contribution in [2.24, 2.45) is 5.16 Å². The Kier molecular flexibility index (Phi) is 4.41. The van der Waals surface area contributed by atoms with Crippen molar-refractivity contribution in [3.63, 3.8) is 0 Å². The quantitative estimate of drug-likeness (QED) is 0.482. The molecular formula is C22H23N5O. The zero-order valence-electron chi connectivity index (χ0n) is 15.7. The van der Waals surface area contributed by atoms with Crippen molar-refractivity contribution < 1.29 is 5.21 Å². The minimum atomic E-state index is 0.457. The Bertz CT molecular complexity index is 1020. The third-order valence-corrected chi connectivity index (χ3v) is 5.86. The number of imidazole rings is 1. The van der Waals surface area contributed by atoms with Crippen molar-refractivity contribution in [1.29, 1.82) is 0 Å². The number of nitrogens with one attached hydrogen (secondary N) is 2. The summed E-state index contributed by atoms with van der Waals surface area (Å²) in [4.78, 5) is 12.8. The number of aromatic amines is 1. The lowest BCUT2D eigenvalue weighted by atomic mass is 9.97. The maximum absolute atomic E-state index is 9.20. The van der Waals surface area contributed by atoms with E-state index >= 15 is 0 Å². The van der Waals surface area contributed by atoms with Crippen LogP contribution < -0.4 is 5.32 Å². The van der Waals surface area contributed by atoms with Gasteiger partial charge < -0.3 is 15.5 Å². The fourth-order valence-corrected chi connectivity index (χ4v) is 4.34. The summed E-state index contributed by atoms with van der Waals surface area (Å²) in [5, 5.41) is 16.1. The number of hydrogen-bond donors (Lipinski definition) is 3. The Labute approximate surface area is 163 Å². The molecule has 1 saturated heterocycles. The highest BCUT2D eigenvalue weighted by atomic mass is 16.4. The molecule has 0 atom stereocenters. The molecule has 1 fully saturated rings. The number of H-pyrrole nitrogens is 1. The summed E-state index contributed by atoms with van der Waals surface area (Å²) in [6.45, 7) is 2.07. The third-order valence-electron chi connectivity index (χ3n) is 5.86. The van der Waals surface area contributed by atoms with Crippen LogP contribution >= 0.6 is 0 Å². The Morgan fingerprint density at radius 1 is 1.00 bits per heavy atom. The molecule has 0 spiro atoms. The minimum absolute atomic E-state index is 0.457. The summed E-state index contributed by atoms with van der Waals surface area (Å²) in [6, 6.07) is 10.4. The van der Waals surface area contributed by atoms with Gasteiger partial charge in [0.15, 0.2) is 0 Å². The van der Waals surface area contributed by atoms with Crippen molar-refractivity contribution in [1.82, 2.24) is 20.3 Å². The van der Waals surface area contributed by atoms with Crippen LogP contribution in [0.25, 0.3) is 22.5 Å². The van der Waals surface area contributed by atoms with Crippen LogP contribution in [0.4, 0.5) is 0 Å². The molecule has 2 aromatic heterocycles. The highest BCUT2D eigenvalue weighted by Crippen LogP contribution is 2.35. The number of piperidine rings is 1. The normalized spacial score (nSPS) is 18.5. The first-order valence-electron chi connectivity index (χ1n) is 9.89. The molecule has 3 aromatic rings. The molecule has 142 valence electrons. The zero-order chi connectivity index (χ0) is 18.9. The second kappa shape index (κ2) is 7.20. The van der Waals surface area contributed by atoms with Crippen molar-refractivity contribution in [2.45, 2.75) is 31.6 Å². The molecule has 0 bridgehead atoms. The fraction of sp³-hybridized carbons (Fsp3) is 0.318. The first-order valence-corrected chi connectivity index (χ1v) is 9.89. The second-order valence-corrected chi connectivity index (χ2v) is 7.52. The van der Waals surface area contributed by atoms with E-state index in [1.807, 2.05) is 24.5 Å². The Balaban J connectivity index is 1.61. The van der Waals surface area contributed by atoms with Crippen molar-refractivity contribution in [2.75, 3.05) is 13.1 Å². The van der Waals surface area contributed by atoms with Gasteiger partial charge >= 0.3 is 0 Å². The number of fused-ring (bicyclic) bond motifs is 1. The first-order chi connectivity index (χ1) is 13.8. The SMILES string of the molecule is O/N=C1/CCc2cc(-c3nc(C4CCNCC4)[nH]c3-c3ccncc3)ccc21. The van der Waals surface area contributed by atoms with Gasteiger partial charge in [0, 0.05) is 35.0 Å². The number of pyridine rings is 1. The number of benzene rings is 1. The van der Waals surface area contributed by atoms with Crippen LogP contribution in [0.5, 0.6) is 0 Å². The van der Waals surface area contributed by atoms with Crippen LogP contribution in [-0.2, 0) is 6.42 Å². The van der Waals surface area contributed by atoms with Crippen LogP contribution in [-0.4, -0.2) is 39.0 Å². The van der Waals surface area contributed by atoms with Gasteiger partial charge in [-0.3, -0.25) is 4.98 Å². The fourth-order valence-electron chi connectivity index (χ4n) is 4.34. The minimum Gasteiger partial charge on any atom is -0.411 e. The molecule has 1 aromatic carbocycles. The van der Waals surface area contributed by atoms with Crippen molar-refractivity contribution >= 4 is 5.71 Å². The molecule has 3 N–H and O–H groups in total. The van der Waals surface area contributed by atoms with E-state index in [-0.39, 0.29) is 0 Å². The van der Waals surface area contributed by atoms with Gasteiger partial charge in [-0.1, -0.05) is 17.3 Å². The molecule has 5 rings (SSSR count). The maximum Gasteiger partial charge on any atom is 0.110 e. The molecule has 0 radical (unpaired) electrons. The second-order valence-electron chi connectivity index (χ2n) is 7.52.